The van der Waals surface area contributed by atoms with Gasteiger partial charge >= 0.3 is 0 Å². The first-order chi connectivity index (χ1) is 9.94. The summed E-state index contributed by atoms with van der Waals surface area (Å²) in [7, 11) is 0. The molecule has 2 rings (SSSR count). The van der Waals surface area contributed by atoms with E-state index in [1.165, 1.54) is 24.3 Å². The summed E-state index contributed by atoms with van der Waals surface area (Å²) in [5.74, 6) is -0.126. The van der Waals surface area contributed by atoms with Crippen LogP contribution in [-0.2, 0) is 4.79 Å². The van der Waals surface area contributed by atoms with Crippen LogP contribution in [-0.4, -0.2) is 12.0 Å². The Hall–Kier alpha value is -2.36. The van der Waals surface area contributed by atoms with Crippen molar-refractivity contribution >= 4 is 11.6 Å². The van der Waals surface area contributed by atoms with Gasteiger partial charge in [0.25, 0.3) is 5.91 Å². The van der Waals surface area contributed by atoms with Gasteiger partial charge in [0, 0.05) is 5.69 Å². The van der Waals surface area contributed by atoms with Gasteiger partial charge in [0.2, 0.25) is 0 Å². The minimum atomic E-state index is -0.670. The number of benzene rings is 2. The maximum Gasteiger partial charge on any atom is 0.265 e. The summed E-state index contributed by atoms with van der Waals surface area (Å²) >= 11 is 0. The topological polar surface area (TPSA) is 38.3 Å². The van der Waals surface area contributed by atoms with Crippen molar-refractivity contribution in [3.8, 4) is 5.75 Å². The lowest BCUT2D eigenvalue weighted by molar-refractivity contribution is -0.122. The van der Waals surface area contributed by atoms with Gasteiger partial charge in [-0.3, -0.25) is 4.79 Å². The molecule has 1 N–H and O–H groups in total. The van der Waals surface area contributed by atoms with Crippen molar-refractivity contribution < 1.29 is 13.9 Å². The predicted molar refractivity (Wildman–Crippen MR) is 81.0 cm³/mol. The first-order valence-corrected chi connectivity index (χ1v) is 6.75. The van der Waals surface area contributed by atoms with Gasteiger partial charge in [0.05, 0.1) is 0 Å². The summed E-state index contributed by atoms with van der Waals surface area (Å²) in [6.07, 6.45) is -0.670. The maximum atomic E-state index is 12.8. The number of rotatable bonds is 4. The van der Waals surface area contributed by atoms with E-state index >= 15 is 0 Å². The summed E-state index contributed by atoms with van der Waals surface area (Å²) in [4.78, 5) is 12.1. The smallest absolute Gasteiger partial charge is 0.265 e. The molecule has 0 bridgehead atoms. The van der Waals surface area contributed by atoms with Crippen LogP contribution >= 0.6 is 0 Å². The number of carbonyl (C=O) groups is 1. The van der Waals surface area contributed by atoms with Crippen LogP contribution < -0.4 is 10.1 Å². The highest BCUT2D eigenvalue weighted by Crippen LogP contribution is 2.16. The molecule has 21 heavy (non-hydrogen) atoms. The molecule has 0 aliphatic heterocycles. The third kappa shape index (κ3) is 4.31. The monoisotopic (exact) mass is 287 g/mol. The molecule has 1 unspecified atom stereocenters. The molecule has 0 aromatic heterocycles. The molecule has 0 spiro atoms. The normalized spacial score (nSPS) is 11.8. The standard InChI is InChI=1S/C17H18FNO2/c1-11-8-12(2)10-15(9-11)19-17(20)13(3)21-16-6-4-14(18)5-7-16/h4-10,13H,1-3H3,(H,19,20). The van der Waals surface area contributed by atoms with Gasteiger partial charge in [0.15, 0.2) is 6.10 Å². The molecule has 0 saturated heterocycles. The van der Waals surface area contributed by atoms with Gasteiger partial charge in [-0.1, -0.05) is 6.07 Å². The number of amides is 1. The summed E-state index contributed by atoms with van der Waals surface area (Å²) in [6, 6.07) is 11.4. The van der Waals surface area contributed by atoms with Crippen LogP contribution in [0, 0.1) is 19.7 Å². The number of hydrogen-bond donors (Lipinski definition) is 1. The third-order valence-corrected chi connectivity index (χ3v) is 2.98. The average Bonchev–Trinajstić information content (AvgIpc) is 2.40. The van der Waals surface area contributed by atoms with Gasteiger partial charge in [-0.15, -0.1) is 0 Å². The van der Waals surface area contributed by atoms with Crippen LogP contribution in [0.25, 0.3) is 0 Å². The molecule has 2 aromatic rings. The Morgan fingerprint density at radius 1 is 1.10 bits per heavy atom. The number of hydrogen-bond acceptors (Lipinski definition) is 2. The van der Waals surface area contributed by atoms with Crippen molar-refractivity contribution in [3.63, 3.8) is 0 Å². The molecule has 110 valence electrons. The van der Waals surface area contributed by atoms with E-state index in [4.69, 9.17) is 4.74 Å². The Balaban J connectivity index is 2.00. The van der Waals surface area contributed by atoms with Gasteiger partial charge in [-0.2, -0.15) is 0 Å². The molecule has 0 aliphatic rings. The Labute approximate surface area is 123 Å². The highest BCUT2D eigenvalue weighted by Gasteiger charge is 2.15. The number of ether oxygens (including phenoxy) is 1. The Morgan fingerprint density at radius 2 is 1.67 bits per heavy atom. The molecule has 1 amide bonds. The average molecular weight is 287 g/mol. The van der Waals surface area contributed by atoms with Crippen LogP contribution in [0.1, 0.15) is 18.1 Å². The van der Waals surface area contributed by atoms with E-state index in [2.05, 4.69) is 5.32 Å². The fourth-order valence-corrected chi connectivity index (χ4v) is 2.06. The van der Waals surface area contributed by atoms with Crippen LogP contribution in [0.3, 0.4) is 0 Å². The summed E-state index contributed by atoms with van der Waals surface area (Å²) in [5, 5.41) is 2.82. The van der Waals surface area contributed by atoms with Crippen molar-refractivity contribution in [1.29, 1.82) is 0 Å². The lowest BCUT2D eigenvalue weighted by atomic mass is 10.1. The maximum absolute atomic E-state index is 12.8. The molecule has 0 fully saturated rings. The van der Waals surface area contributed by atoms with Crippen molar-refractivity contribution in [3.05, 3.63) is 59.4 Å². The van der Waals surface area contributed by atoms with E-state index in [-0.39, 0.29) is 11.7 Å². The lowest BCUT2D eigenvalue weighted by Gasteiger charge is -2.15. The fraction of sp³-hybridized carbons (Fsp3) is 0.235. The molecular formula is C17H18FNO2. The van der Waals surface area contributed by atoms with Crippen LogP contribution in [0.15, 0.2) is 42.5 Å². The van der Waals surface area contributed by atoms with Crippen LogP contribution in [0.4, 0.5) is 10.1 Å². The quantitative estimate of drug-likeness (QED) is 0.927. The molecule has 1 atom stereocenters. The first-order valence-electron chi connectivity index (χ1n) is 6.75. The molecule has 4 heteroatoms. The second kappa shape index (κ2) is 6.39. The van der Waals surface area contributed by atoms with E-state index in [9.17, 15) is 9.18 Å². The van der Waals surface area contributed by atoms with E-state index < -0.39 is 6.10 Å². The number of halogens is 1. The zero-order chi connectivity index (χ0) is 15.4. The molecular weight excluding hydrogens is 269 g/mol. The molecule has 0 radical (unpaired) electrons. The highest BCUT2D eigenvalue weighted by molar-refractivity contribution is 5.94. The summed E-state index contributed by atoms with van der Waals surface area (Å²) in [6.45, 7) is 5.60. The third-order valence-electron chi connectivity index (χ3n) is 2.98. The zero-order valence-corrected chi connectivity index (χ0v) is 12.3. The Morgan fingerprint density at radius 3 is 2.24 bits per heavy atom. The predicted octanol–water partition coefficient (Wildman–Crippen LogP) is 3.85. The van der Waals surface area contributed by atoms with E-state index in [1.807, 2.05) is 32.0 Å². The minimum absolute atomic E-state index is 0.246. The zero-order valence-electron chi connectivity index (χ0n) is 12.3. The van der Waals surface area contributed by atoms with E-state index in [0.29, 0.717) is 5.75 Å². The van der Waals surface area contributed by atoms with Crippen molar-refractivity contribution in [2.24, 2.45) is 0 Å². The second-order valence-corrected chi connectivity index (χ2v) is 5.08. The largest absolute Gasteiger partial charge is 0.481 e. The molecule has 0 aliphatic carbocycles. The number of carbonyl (C=O) groups excluding carboxylic acids is 1. The van der Waals surface area contributed by atoms with Crippen LogP contribution in [0.5, 0.6) is 5.75 Å². The molecule has 0 saturated carbocycles. The van der Waals surface area contributed by atoms with E-state index in [1.54, 1.807) is 6.92 Å². The lowest BCUT2D eigenvalue weighted by Crippen LogP contribution is -2.30. The van der Waals surface area contributed by atoms with Gasteiger partial charge in [-0.05, 0) is 68.3 Å². The van der Waals surface area contributed by atoms with Crippen molar-refractivity contribution in [2.45, 2.75) is 26.9 Å². The van der Waals surface area contributed by atoms with Crippen LogP contribution in [0.2, 0.25) is 0 Å². The molecule has 3 nitrogen and oxygen atoms in total. The first kappa shape index (κ1) is 15.0. The number of nitrogens with one attached hydrogen (secondary N) is 1. The van der Waals surface area contributed by atoms with Gasteiger partial charge in [-0.25, -0.2) is 4.39 Å². The summed E-state index contributed by atoms with van der Waals surface area (Å²) in [5.41, 5.74) is 2.90. The van der Waals surface area contributed by atoms with E-state index in [0.717, 1.165) is 16.8 Å². The SMILES string of the molecule is Cc1cc(C)cc(NC(=O)C(C)Oc2ccc(F)cc2)c1. The molecule has 0 heterocycles. The second-order valence-electron chi connectivity index (χ2n) is 5.08. The van der Waals surface area contributed by atoms with Gasteiger partial charge in [0.1, 0.15) is 11.6 Å². The Kier molecular flexibility index (Phi) is 4.58. The highest BCUT2D eigenvalue weighted by atomic mass is 19.1. The van der Waals surface area contributed by atoms with Gasteiger partial charge < -0.3 is 10.1 Å². The van der Waals surface area contributed by atoms with Crippen molar-refractivity contribution in [2.75, 3.05) is 5.32 Å². The summed E-state index contributed by atoms with van der Waals surface area (Å²) < 4.78 is 18.3. The Bertz CT molecular complexity index is 617. The number of aryl methyl sites for hydroxylation is 2. The molecule has 2 aromatic carbocycles. The number of anilines is 1. The fourth-order valence-electron chi connectivity index (χ4n) is 2.06. The van der Waals surface area contributed by atoms with Crippen molar-refractivity contribution in [1.82, 2.24) is 0 Å². The minimum Gasteiger partial charge on any atom is -0.481 e.